The molecule has 0 bridgehead atoms. The van der Waals surface area contributed by atoms with Crippen LogP contribution in [0.2, 0.25) is 0 Å². The zero-order valence-electron chi connectivity index (χ0n) is 15.3. The van der Waals surface area contributed by atoms with Crippen molar-refractivity contribution in [2.45, 2.75) is 38.1 Å². The van der Waals surface area contributed by atoms with E-state index in [1.165, 1.54) is 0 Å². The molecule has 3 amide bonds. The number of hydrogen-bond donors (Lipinski definition) is 2. The molecule has 1 aliphatic heterocycles. The van der Waals surface area contributed by atoms with Crippen LogP contribution in [0.1, 0.15) is 31.2 Å². The summed E-state index contributed by atoms with van der Waals surface area (Å²) in [4.78, 5) is 39.4. The summed E-state index contributed by atoms with van der Waals surface area (Å²) in [5.41, 5.74) is 2.09. The normalized spacial score (nSPS) is 23.6. The molecular formula is C21H25N3O3. The highest BCUT2D eigenvalue weighted by molar-refractivity contribution is 5.99. The second-order valence-electron chi connectivity index (χ2n) is 7.58. The number of carbonyl (C=O) groups excluding carboxylic acids is 3. The SMILES string of the molecule is O=C(NCC(=O)N1CCc2ccccc21)C1CC=CCC1C(=O)NC1CC1. The molecular weight excluding hydrogens is 342 g/mol. The molecule has 2 aliphatic carbocycles. The van der Waals surface area contributed by atoms with Gasteiger partial charge in [-0.3, -0.25) is 14.4 Å². The maximum Gasteiger partial charge on any atom is 0.246 e. The minimum atomic E-state index is -0.410. The van der Waals surface area contributed by atoms with E-state index >= 15 is 0 Å². The van der Waals surface area contributed by atoms with E-state index in [1.807, 2.05) is 36.4 Å². The summed E-state index contributed by atoms with van der Waals surface area (Å²) < 4.78 is 0. The standard InChI is InChI=1S/C21H25N3O3/c25-19(24-12-11-14-5-1-4-8-18(14)24)13-22-20(26)16-6-2-3-7-17(16)21(27)23-15-9-10-15/h1-5,8,15-17H,6-7,9-13H2,(H,22,26)(H,23,27). The van der Waals surface area contributed by atoms with Gasteiger partial charge in [0.25, 0.3) is 0 Å². The van der Waals surface area contributed by atoms with Crippen molar-refractivity contribution < 1.29 is 14.4 Å². The third-order valence-corrected chi connectivity index (χ3v) is 5.63. The van der Waals surface area contributed by atoms with Gasteiger partial charge in [-0.05, 0) is 43.7 Å². The molecule has 0 aromatic heterocycles. The first-order valence-corrected chi connectivity index (χ1v) is 9.75. The predicted octanol–water partition coefficient (Wildman–Crippen LogP) is 1.55. The maximum atomic E-state index is 12.7. The fourth-order valence-corrected chi connectivity index (χ4v) is 3.92. The van der Waals surface area contributed by atoms with Crippen molar-refractivity contribution in [1.29, 1.82) is 0 Å². The number of amides is 3. The Balaban J connectivity index is 1.34. The molecule has 2 unspecified atom stereocenters. The van der Waals surface area contributed by atoms with E-state index in [4.69, 9.17) is 0 Å². The van der Waals surface area contributed by atoms with Gasteiger partial charge in [0.2, 0.25) is 17.7 Å². The van der Waals surface area contributed by atoms with E-state index in [0.717, 1.165) is 30.5 Å². The Morgan fingerprint density at radius 2 is 1.70 bits per heavy atom. The van der Waals surface area contributed by atoms with Gasteiger partial charge in [-0.1, -0.05) is 30.4 Å². The maximum absolute atomic E-state index is 12.7. The van der Waals surface area contributed by atoms with E-state index in [2.05, 4.69) is 10.6 Å². The Labute approximate surface area is 159 Å². The third kappa shape index (κ3) is 3.89. The molecule has 0 spiro atoms. The summed E-state index contributed by atoms with van der Waals surface area (Å²) in [5, 5.41) is 5.77. The van der Waals surface area contributed by atoms with Crippen LogP contribution >= 0.6 is 0 Å². The molecule has 2 N–H and O–H groups in total. The van der Waals surface area contributed by atoms with E-state index in [1.54, 1.807) is 4.90 Å². The van der Waals surface area contributed by atoms with E-state index in [9.17, 15) is 14.4 Å². The number of anilines is 1. The van der Waals surface area contributed by atoms with Gasteiger partial charge in [0.05, 0.1) is 18.4 Å². The lowest BCUT2D eigenvalue weighted by Gasteiger charge is -2.27. The van der Waals surface area contributed by atoms with Crippen molar-refractivity contribution in [3.8, 4) is 0 Å². The largest absolute Gasteiger partial charge is 0.353 e. The van der Waals surface area contributed by atoms with Crippen LogP contribution in [-0.4, -0.2) is 36.9 Å². The van der Waals surface area contributed by atoms with Crippen molar-refractivity contribution in [2.75, 3.05) is 18.0 Å². The van der Waals surface area contributed by atoms with Crippen LogP contribution in [0.4, 0.5) is 5.69 Å². The van der Waals surface area contributed by atoms with Gasteiger partial charge >= 0.3 is 0 Å². The molecule has 1 fully saturated rings. The van der Waals surface area contributed by atoms with Gasteiger partial charge in [-0.25, -0.2) is 0 Å². The lowest BCUT2D eigenvalue weighted by Crippen LogP contribution is -2.46. The van der Waals surface area contributed by atoms with Crippen molar-refractivity contribution in [1.82, 2.24) is 10.6 Å². The molecule has 4 rings (SSSR count). The van der Waals surface area contributed by atoms with Crippen LogP contribution in [0.5, 0.6) is 0 Å². The summed E-state index contributed by atoms with van der Waals surface area (Å²) in [6.07, 6.45) is 7.91. The van der Waals surface area contributed by atoms with Gasteiger partial charge in [0, 0.05) is 18.3 Å². The van der Waals surface area contributed by atoms with Crippen molar-refractivity contribution in [2.24, 2.45) is 11.8 Å². The number of para-hydroxylation sites is 1. The number of hydrogen-bond acceptors (Lipinski definition) is 3. The number of nitrogens with zero attached hydrogens (tertiary/aromatic N) is 1. The van der Waals surface area contributed by atoms with Crippen LogP contribution in [0.25, 0.3) is 0 Å². The van der Waals surface area contributed by atoms with E-state index in [-0.39, 0.29) is 36.2 Å². The fraction of sp³-hybridized carbons (Fsp3) is 0.476. The Morgan fingerprint density at radius 1 is 1.00 bits per heavy atom. The molecule has 0 radical (unpaired) electrons. The number of fused-ring (bicyclic) bond motifs is 1. The van der Waals surface area contributed by atoms with Crippen LogP contribution < -0.4 is 15.5 Å². The fourth-order valence-electron chi connectivity index (χ4n) is 3.92. The van der Waals surface area contributed by atoms with Crippen molar-refractivity contribution >= 4 is 23.4 Å². The highest BCUT2D eigenvalue weighted by Gasteiger charge is 2.36. The molecule has 6 nitrogen and oxygen atoms in total. The molecule has 1 aromatic carbocycles. The van der Waals surface area contributed by atoms with Crippen molar-refractivity contribution in [3.63, 3.8) is 0 Å². The zero-order valence-corrected chi connectivity index (χ0v) is 15.3. The van der Waals surface area contributed by atoms with Gasteiger partial charge in [-0.2, -0.15) is 0 Å². The van der Waals surface area contributed by atoms with Crippen LogP contribution in [-0.2, 0) is 20.8 Å². The first kappa shape index (κ1) is 17.8. The third-order valence-electron chi connectivity index (χ3n) is 5.63. The Morgan fingerprint density at radius 3 is 2.44 bits per heavy atom. The Kier molecular flexibility index (Phi) is 4.97. The lowest BCUT2D eigenvalue weighted by molar-refractivity contribution is -0.135. The molecule has 1 saturated carbocycles. The topological polar surface area (TPSA) is 78.5 Å². The molecule has 27 heavy (non-hydrogen) atoms. The number of benzene rings is 1. The molecule has 142 valence electrons. The number of carbonyl (C=O) groups is 3. The number of allylic oxidation sites excluding steroid dienone is 2. The van der Waals surface area contributed by atoms with Crippen LogP contribution in [0.3, 0.4) is 0 Å². The summed E-state index contributed by atoms with van der Waals surface area (Å²) in [7, 11) is 0. The summed E-state index contributed by atoms with van der Waals surface area (Å²) >= 11 is 0. The summed E-state index contributed by atoms with van der Waals surface area (Å²) in [5.74, 6) is -1.12. The average molecular weight is 367 g/mol. The summed E-state index contributed by atoms with van der Waals surface area (Å²) in [6.45, 7) is 0.608. The Hall–Kier alpha value is -2.63. The molecule has 0 saturated heterocycles. The van der Waals surface area contributed by atoms with Crippen LogP contribution in [0.15, 0.2) is 36.4 Å². The van der Waals surface area contributed by atoms with Crippen molar-refractivity contribution in [3.05, 3.63) is 42.0 Å². The highest BCUT2D eigenvalue weighted by atomic mass is 16.2. The average Bonchev–Trinajstić information content (AvgIpc) is 3.40. The second-order valence-corrected chi connectivity index (χ2v) is 7.58. The molecule has 2 atom stereocenters. The number of nitrogens with one attached hydrogen (secondary N) is 2. The molecule has 1 aromatic rings. The summed E-state index contributed by atoms with van der Waals surface area (Å²) in [6, 6.07) is 8.13. The monoisotopic (exact) mass is 367 g/mol. The van der Waals surface area contributed by atoms with E-state index < -0.39 is 5.92 Å². The van der Waals surface area contributed by atoms with E-state index in [0.29, 0.717) is 19.4 Å². The minimum absolute atomic E-state index is 0.0374. The minimum Gasteiger partial charge on any atom is -0.353 e. The van der Waals surface area contributed by atoms with Gasteiger partial charge in [-0.15, -0.1) is 0 Å². The smallest absolute Gasteiger partial charge is 0.246 e. The number of rotatable bonds is 5. The first-order valence-electron chi connectivity index (χ1n) is 9.75. The molecule has 3 aliphatic rings. The Bertz CT molecular complexity index is 785. The predicted molar refractivity (Wildman–Crippen MR) is 102 cm³/mol. The van der Waals surface area contributed by atoms with Gasteiger partial charge < -0.3 is 15.5 Å². The molecule has 1 heterocycles. The van der Waals surface area contributed by atoms with Gasteiger partial charge in [0.15, 0.2) is 0 Å². The molecule has 6 heteroatoms. The second kappa shape index (κ2) is 7.55. The lowest BCUT2D eigenvalue weighted by atomic mass is 9.81. The van der Waals surface area contributed by atoms with Gasteiger partial charge in [0.1, 0.15) is 0 Å². The zero-order chi connectivity index (χ0) is 18.8. The highest BCUT2D eigenvalue weighted by Crippen LogP contribution is 2.29. The first-order chi connectivity index (χ1) is 13.1. The quantitative estimate of drug-likeness (QED) is 0.775. The van der Waals surface area contributed by atoms with Crippen LogP contribution in [0, 0.1) is 11.8 Å².